The molecule has 0 unspecified atom stereocenters. The van der Waals surface area contributed by atoms with Gasteiger partial charge in [0.25, 0.3) is 5.91 Å². The van der Waals surface area contributed by atoms with E-state index in [0.29, 0.717) is 17.4 Å². The summed E-state index contributed by atoms with van der Waals surface area (Å²) in [5.74, 6) is 0.381. The minimum Gasteiger partial charge on any atom is -0.452 e. The van der Waals surface area contributed by atoms with E-state index in [1.54, 1.807) is 12.1 Å². The van der Waals surface area contributed by atoms with Crippen molar-refractivity contribution >= 4 is 11.9 Å². The molecule has 1 aromatic carbocycles. The minimum absolute atomic E-state index is 0.175. The van der Waals surface area contributed by atoms with Crippen molar-refractivity contribution in [1.82, 2.24) is 10.2 Å². The third kappa shape index (κ3) is 5.79. The van der Waals surface area contributed by atoms with E-state index in [-0.39, 0.29) is 18.6 Å². The van der Waals surface area contributed by atoms with Crippen molar-refractivity contribution in [2.45, 2.75) is 45.7 Å². The van der Waals surface area contributed by atoms with Crippen LogP contribution in [-0.4, -0.2) is 55.7 Å². The first-order valence-electron chi connectivity index (χ1n) is 10.4. The Morgan fingerprint density at radius 1 is 1.14 bits per heavy atom. The number of rotatable bonds is 6. The van der Waals surface area contributed by atoms with Gasteiger partial charge in [-0.2, -0.15) is 0 Å². The van der Waals surface area contributed by atoms with Crippen LogP contribution in [0, 0.1) is 11.8 Å². The first kappa shape index (κ1) is 20.8. The predicted molar refractivity (Wildman–Crippen MR) is 107 cm³/mol. The lowest BCUT2D eigenvalue weighted by Gasteiger charge is -2.34. The molecule has 1 heterocycles. The molecule has 6 nitrogen and oxygen atoms in total. The Bertz CT molecular complexity index is 655. The zero-order valence-electron chi connectivity index (χ0n) is 17.0. The van der Waals surface area contributed by atoms with Gasteiger partial charge >= 0.3 is 5.97 Å². The number of esters is 1. The molecule has 28 heavy (non-hydrogen) atoms. The van der Waals surface area contributed by atoms with Gasteiger partial charge in [0, 0.05) is 25.7 Å². The van der Waals surface area contributed by atoms with Crippen LogP contribution in [0.1, 0.15) is 49.0 Å². The third-order valence-corrected chi connectivity index (χ3v) is 6.09. The number of hydrogen-bond donors (Lipinski definition) is 1. The molecular formula is C22H32N2O4. The fraction of sp³-hybridized carbons (Fsp3) is 0.636. The molecule has 1 saturated carbocycles. The number of ether oxygens (including phenoxy) is 2. The van der Waals surface area contributed by atoms with E-state index in [2.05, 4.69) is 24.1 Å². The van der Waals surface area contributed by atoms with E-state index in [9.17, 15) is 9.59 Å². The lowest BCUT2D eigenvalue weighted by molar-refractivity contribution is -0.125. The summed E-state index contributed by atoms with van der Waals surface area (Å²) in [5, 5.41) is 3.03. The summed E-state index contributed by atoms with van der Waals surface area (Å²) in [7, 11) is 0. The fourth-order valence-corrected chi connectivity index (χ4v) is 4.01. The van der Waals surface area contributed by atoms with Gasteiger partial charge < -0.3 is 14.8 Å². The second-order valence-electron chi connectivity index (χ2n) is 8.10. The molecule has 1 aliphatic heterocycles. The van der Waals surface area contributed by atoms with Crippen LogP contribution in [0.2, 0.25) is 0 Å². The number of morpholine rings is 1. The van der Waals surface area contributed by atoms with Crippen LogP contribution in [0.4, 0.5) is 0 Å². The molecule has 0 bridgehead atoms. The Hall–Kier alpha value is -1.92. The molecule has 2 aliphatic rings. The van der Waals surface area contributed by atoms with Crippen LogP contribution in [0.5, 0.6) is 0 Å². The number of nitrogens with one attached hydrogen (secondary N) is 1. The molecule has 0 radical (unpaired) electrons. The average Bonchev–Trinajstić information content (AvgIpc) is 2.71. The van der Waals surface area contributed by atoms with E-state index < -0.39 is 5.97 Å². The highest BCUT2D eigenvalue weighted by Gasteiger charge is 2.28. The van der Waals surface area contributed by atoms with Crippen LogP contribution in [0.3, 0.4) is 0 Å². The lowest BCUT2D eigenvalue weighted by atomic mass is 9.78. The van der Waals surface area contributed by atoms with Gasteiger partial charge in [0.15, 0.2) is 6.61 Å². The molecule has 2 fully saturated rings. The highest BCUT2D eigenvalue weighted by Crippen LogP contribution is 2.29. The molecule has 1 saturated heterocycles. The smallest absolute Gasteiger partial charge is 0.338 e. The first-order chi connectivity index (χ1) is 13.5. The lowest BCUT2D eigenvalue weighted by Crippen LogP contribution is -2.45. The summed E-state index contributed by atoms with van der Waals surface area (Å²) in [6.07, 6.45) is 3.34. The summed E-state index contributed by atoms with van der Waals surface area (Å²) in [5.41, 5.74) is 1.62. The van der Waals surface area contributed by atoms with E-state index in [0.717, 1.165) is 51.3 Å². The van der Waals surface area contributed by atoms with Crippen molar-refractivity contribution in [3.05, 3.63) is 35.4 Å². The molecule has 1 amide bonds. The Labute approximate surface area is 167 Å². The number of amides is 1. The van der Waals surface area contributed by atoms with Crippen LogP contribution in [0.15, 0.2) is 24.3 Å². The average molecular weight is 389 g/mol. The van der Waals surface area contributed by atoms with E-state index in [1.807, 2.05) is 12.1 Å². The van der Waals surface area contributed by atoms with Crippen LogP contribution in [0.25, 0.3) is 0 Å². The standard InChI is InChI=1S/C22H32N2O4/c1-16-4-3-5-20(17(16)2)23-21(25)15-28-22(26)19-8-6-18(7-9-19)14-24-10-12-27-13-11-24/h6-9,16-17,20H,3-5,10-15H2,1-2H3,(H,23,25)/t16-,17+,20+/m0/s1. The molecular weight excluding hydrogens is 356 g/mol. The Kier molecular flexibility index (Phi) is 7.45. The SMILES string of the molecule is C[C@@H]1[C@@H](C)CCC[C@H]1NC(=O)COC(=O)c1ccc(CN2CCOCC2)cc1. The number of hydrogen-bond acceptors (Lipinski definition) is 5. The molecule has 1 aliphatic carbocycles. The zero-order valence-corrected chi connectivity index (χ0v) is 17.0. The molecule has 1 aromatic rings. The van der Waals surface area contributed by atoms with E-state index >= 15 is 0 Å². The third-order valence-electron chi connectivity index (χ3n) is 6.09. The largest absolute Gasteiger partial charge is 0.452 e. The normalized spacial score (nSPS) is 25.9. The molecule has 0 spiro atoms. The van der Waals surface area contributed by atoms with Crippen molar-refractivity contribution in [2.24, 2.45) is 11.8 Å². The topological polar surface area (TPSA) is 67.9 Å². The maximum absolute atomic E-state index is 12.2. The van der Waals surface area contributed by atoms with Crippen molar-refractivity contribution in [1.29, 1.82) is 0 Å². The Morgan fingerprint density at radius 2 is 1.86 bits per heavy atom. The Morgan fingerprint density at radius 3 is 2.57 bits per heavy atom. The molecule has 0 aromatic heterocycles. The second kappa shape index (κ2) is 10.0. The van der Waals surface area contributed by atoms with Gasteiger partial charge in [0.2, 0.25) is 0 Å². The number of carbonyl (C=O) groups is 2. The maximum Gasteiger partial charge on any atom is 0.338 e. The van der Waals surface area contributed by atoms with Crippen LogP contribution < -0.4 is 5.32 Å². The van der Waals surface area contributed by atoms with Gasteiger partial charge in [-0.1, -0.05) is 38.8 Å². The van der Waals surface area contributed by atoms with Crippen LogP contribution in [-0.2, 0) is 20.8 Å². The van der Waals surface area contributed by atoms with Crippen molar-refractivity contribution in [3.8, 4) is 0 Å². The summed E-state index contributed by atoms with van der Waals surface area (Å²) >= 11 is 0. The zero-order chi connectivity index (χ0) is 19.9. The second-order valence-corrected chi connectivity index (χ2v) is 8.10. The summed E-state index contributed by atoms with van der Waals surface area (Å²) < 4.78 is 10.6. The molecule has 154 valence electrons. The number of carbonyl (C=O) groups excluding carboxylic acids is 2. The molecule has 3 atom stereocenters. The van der Waals surface area contributed by atoms with E-state index in [1.165, 1.54) is 6.42 Å². The van der Waals surface area contributed by atoms with Crippen molar-refractivity contribution < 1.29 is 19.1 Å². The van der Waals surface area contributed by atoms with Gasteiger partial charge in [-0.25, -0.2) is 4.79 Å². The van der Waals surface area contributed by atoms with Gasteiger partial charge in [-0.3, -0.25) is 9.69 Å². The number of benzene rings is 1. The quantitative estimate of drug-likeness (QED) is 0.759. The summed E-state index contributed by atoms with van der Waals surface area (Å²) in [6, 6.07) is 7.59. The molecule has 6 heteroatoms. The van der Waals surface area contributed by atoms with Gasteiger partial charge in [-0.05, 0) is 36.0 Å². The van der Waals surface area contributed by atoms with Crippen molar-refractivity contribution in [2.75, 3.05) is 32.9 Å². The molecule has 3 rings (SSSR count). The summed E-state index contributed by atoms with van der Waals surface area (Å²) in [6.45, 7) is 8.42. The van der Waals surface area contributed by atoms with Gasteiger partial charge in [0.05, 0.1) is 18.8 Å². The Balaban J connectivity index is 1.43. The minimum atomic E-state index is -0.460. The maximum atomic E-state index is 12.2. The highest BCUT2D eigenvalue weighted by molar-refractivity contribution is 5.91. The molecule has 1 N–H and O–H groups in total. The highest BCUT2D eigenvalue weighted by atomic mass is 16.5. The monoisotopic (exact) mass is 388 g/mol. The fourth-order valence-electron chi connectivity index (χ4n) is 4.01. The van der Waals surface area contributed by atoms with Crippen molar-refractivity contribution in [3.63, 3.8) is 0 Å². The first-order valence-corrected chi connectivity index (χ1v) is 10.4. The van der Waals surface area contributed by atoms with Gasteiger partial charge in [-0.15, -0.1) is 0 Å². The predicted octanol–water partition coefficient (Wildman–Crippen LogP) is 2.62. The number of nitrogens with zero attached hydrogens (tertiary/aromatic N) is 1. The summed E-state index contributed by atoms with van der Waals surface area (Å²) in [4.78, 5) is 26.7. The van der Waals surface area contributed by atoms with Gasteiger partial charge in [0.1, 0.15) is 0 Å². The van der Waals surface area contributed by atoms with E-state index in [4.69, 9.17) is 9.47 Å². The van der Waals surface area contributed by atoms with Crippen LogP contribution >= 0.6 is 0 Å².